The summed E-state index contributed by atoms with van der Waals surface area (Å²) in [5, 5.41) is 0. The number of Topliss-reactive ketones (excluding diaryl/α,β-unsaturated/α-hetero) is 1. The van der Waals surface area contributed by atoms with Crippen LogP contribution >= 0.6 is 0 Å². The monoisotopic (exact) mass is 368 g/mol. The minimum atomic E-state index is -3.17. The molecular formula is C22H22F2N2O. The van der Waals surface area contributed by atoms with Gasteiger partial charge in [0, 0.05) is 23.4 Å². The Hall–Kier alpha value is -2.82. The number of ketones is 1. The van der Waals surface area contributed by atoms with E-state index in [0.717, 1.165) is 15.8 Å². The van der Waals surface area contributed by atoms with Gasteiger partial charge in [-0.05, 0) is 57.0 Å². The van der Waals surface area contributed by atoms with Gasteiger partial charge in [0.25, 0.3) is 0 Å². The van der Waals surface area contributed by atoms with Gasteiger partial charge in [0.15, 0.2) is 0 Å². The number of hydrogen-bond acceptors (Lipinski definition) is 2. The average molecular weight is 368 g/mol. The molecule has 0 spiro atoms. The number of allylic oxidation sites excluding steroid dienone is 2. The molecule has 0 N–H and O–H groups in total. The van der Waals surface area contributed by atoms with Crippen molar-refractivity contribution < 1.29 is 13.6 Å². The summed E-state index contributed by atoms with van der Waals surface area (Å²) < 4.78 is 31.5. The molecule has 0 atom stereocenters. The fourth-order valence-corrected chi connectivity index (χ4v) is 3.22. The summed E-state index contributed by atoms with van der Waals surface area (Å²) in [5.41, 5.74) is 3.01. The van der Waals surface area contributed by atoms with Crippen LogP contribution in [0.1, 0.15) is 42.3 Å². The molecule has 140 valence electrons. The molecule has 0 unspecified atom stereocenters. The van der Waals surface area contributed by atoms with Crippen molar-refractivity contribution in [2.75, 3.05) is 0 Å². The Morgan fingerprint density at radius 3 is 2.56 bits per heavy atom. The van der Waals surface area contributed by atoms with Crippen LogP contribution in [0.25, 0.3) is 6.08 Å². The number of aryl methyl sites for hydroxylation is 2. The van der Waals surface area contributed by atoms with E-state index in [0.29, 0.717) is 29.9 Å². The van der Waals surface area contributed by atoms with Gasteiger partial charge in [0.05, 0.1) is 11.4 Å². The highest BCUT2D eigenvalue weighted by Gasteiger charge is 2.36. The normalized spacial score (nSPS) is 15.4. The summed E-state index contributed by atoms with van der Waals surface area (Å²) >= 11 is 0. The lowest BCUT2D eigenvalue weighted by Crippen LogP contribution is -2.26. The van der Waals surface area contributed by atoms with Gasteiger partial charge in [-0.15, -0.1) is 0 Å². The molecule has 0 aliphatic carbocycles. The van der Waals surface area contributed by atoms with Crippen molar-refractivity contribution >= 4 is 17.6 Å². The van der Waals surface area contributed by atoms with Crippen molar-refractivity contribution in [3.63, 3.8) is 0 Å². The number of hydrogen-bond donors (Lipinski definition) is 0. The number of nitrogens with zero attached hydrogens (tertiary/aromatic N) is 2. The second kappa shape index (κ2) is 7.43. The van der Waals surface area contributed by atoms with E-state index in [1.165, 1.54) is 12.1 Å². The summed E-state index contributed by atoms with van der Waals surface area (Å²) in [7, 11) is 0. The second-order valence-electron chi connectivity index (χ2n) is 6.80. The van der Waals surface area contributed by atoms with Crippen LogP contribution in [0, 0.1) is 13.8 Å². The molecule has 0 saturated carbocycles. The molecule has 0 amide bonds. The summed E-state index contributed by atoms with van der Waals surface area (Å²) in [5.74, 6) is 0.103. The standard InChI is InChI=1S/C22H22F2N2O/c1-15-13-16(2)26(22(23,24)18-7-5-4-6-8-18)21(15)14-20-12-11-19(25-20)10-9-17(3)27/h4-8,11-14H,9-10H2,1-3H3/b20-14-. The number of benzene rings is 1. The van der Waals surface area contributed by atoms with Crippen LogP contribution in [-0.2, 0) is 10.8 Å². The minimum absolute atomic E-state index is 0.0593. The zero-order valence-electron chi connectivity index (χ0n) is 15.7. The predicted octanol–water partition coefficient (Wildman–Crippen LogP) is 5.42. The molecule has 0 bridgehead atoms. The number of rotatable bonds is 6. The summed E-state index contributed by atoms with van der Waals surface area (Å²) in [6.07, 6.45) is 6.29. The number of carbonyl (C=O) groups excluding carboxylic acids is 1. The Bertz CT molecular complexity index is 950. The molecule has 1 aromatic heterocycles. The summed E-state index contributed by atoms with van der Waals surface area (Å²) in [6, 6.07) is 6.38. The molecule has 1 aliphatic heterocycles. The lowest BCUT2D eigenvalue weighted by Gasteiger charge is -2.22. The smallest absolute Gasteiger partial charge is 0.300 e. The topological polar surface area (TPSA) is 34.4 Å². The van der Waals surface area contributed by atoms with Gasteiger partial charge in [-0.25, -0.2) is 0 Å². The van der Waals surface area contributed by atoms with Crippen LogP contribution in [0.3, 0.4) is 0 Å². The maximum atomic E-state index is 15.2. The van der Waals surface area contributed by atoms with E-state index in [1.54, 1.807) is 50.3 Å². The van der Waals surface area contributed by atoms with E-state index in [2.05, 4.69) is 4.99 Å². The fourth-order valence-electron chi connectivity index (χ4n) is 3.22. The summed E-state index contributed by atoms with van der Waals surface area (Å²) in [4.78, 5) is 15.6. The van der Waals surface area contributed by atoms with Crippen molar-refractivity contribution in [3.05, 3.63) is 76.8 Å². The fraction of sp³-hybridized carbons (Fsp3) is 0.273. The van der Waals surface area contributed by atoms with Crippen LogP contribution in [-0.4, -0.2) is 16.1 Å². The lowest BCUT2D eigenvalue weighted by atomic mass is 10.1. The van der Waals surface area contributed by atoms with Gasteiger partial charge in [0.1, 0.15) is 5.78 Å². The van der Waals surface area contributed by atoms with Gasteiger partial charge in [-0.1, -0.05) is 30.3 Å². The molecule has 2 heterocycles. The molecule has 5 heteroatoms. The molecule has 27 heavy (non-hydrogen) atoms. The molecule has 3 nitrogen and oxygen atoms in total. The Morgan fingerprint density at radius 1 is 1.19 bits per heavy atom. The first-order valence-electron chi connectivity index (χ1n) is 8.88. The summed E-state index contributed by atoms with van der Waals surface area (Å²) in [6.45, 7) is 5.04. The lowest BCUT2D eigenvalue weighted by molar-refractivity contribution is -0.116. The molecule has 0 fully saturated rings. The first kappa shape index (κ1) is 19.0. The number of aromatic nitrogens is 1. The van der Waals surface area contributed by atoms with E-state index in [1.807, 2.05) is 13.0 Å². The van der Waals surface area contributed by atoms with Gasteiger partial charge >= 0.3 is 6.05 Å². The first-order valence-corrected chi connectivity index (χ1v) is 8.88. The third kappa shape index (κ3) is 3.97. The Balaban J connectivity index is 1.99. The third-order valence-corrected chi connectivity index (χ3v) is 4.56. The molecule has 1 aliphatic rings. The molecule has 1 aromatic carbocycles. The zero-order chi connectivity index (χ0) is 19.6. The van der Waals surface area contributed by atoms with E-state index >= 15 is 8.78 Å². The van der Waals surface area contributed by atoms with Crippen molar-refractivity contribution in [2.24, 2.45) is 4.99 Å². The van der Waals surface area contributed by atoms with Gasteiger partial charge < -0.3 is 4.79 Å². The van der Waals surface area contributed by atoms with Crippen LogP contribution in [0.4, 0.5) is 8.78 Å². The SMILES string of the molecule is CC(=O)CCC1=N/C(=C\c2c(C)cc(C)n2C(F)(F)c2ccccc2)C=C1. The highest BCUT2D eigenvalue weighted by Crippen LogP contribution is 2.35. The van der Waals surface area contributed by atoms with Crippen molar-refractivity contribution in [1.29, 1.82) is 0 Å². The third-order valence-electron chi connectivity index (χ3n) is 4.56. The quantitative estimate of drug-likeness (QED) is 0.670. The highest BCUT2D eigenvalue weighted by atomic mass is 19.3. The van der Waals surface area contributed by atoms with Crippen LogP contribution < -0.4 is 0 Å². The number of alkyl halides is 2. The van der Waals surface area contributed by atoms with Crippen LogP contribution in [0.5, 0.6) is 0 Å². The van der Waals surface area contributed by atoms with Gasteiger partial charge in [0.2, 0.25) is 0 Å². The maximum absolute atomic E-state index is 15.2. The Labute approximate surface area is 157 Å². The molecule has 0 radical (unpaired) electrons. The zero-order valence-corrected chi connectivity index (χ0v) is 15.7. The van der Waals surface area contributed by atoms with E-state index in [-0.39, 0.29) is 11.3 Å². The van der Waals surface area contributed by atoms with E-state index < -0.39 is 6.05 Å². The predicted molar refractivity (Wildman–Crippen MR) is 104 cm³/mol. The van der Waals surface area contributed by atoms with Gasteiger partial charge in [-0.2, -0.15) is 8.78 Å². The largest absolute Gasteiger partial charge is 0.356 e. The Morgan fingerprint density at radius 2 is 1.89 bits per heavy atom. The van der Waals surface area contributed by atoms with Crippen molar-refractivity contribution in [1.82, 2.24) is 4.57 Å². The molecule has 0 saturated heterocycles. The highest BCUT2D eigenvalue weighted by molar-refractivity contribution is 6.00. The number of aliphatic imine (C=N–C) groups is 1. The van der Waals surface area contributed by atoms with Crippen molar-refractivity contribution in [3.8, 4) is 0 Å². The molecule has 3 rings (SSSR count). The van der Waals surface area contributed by atoms with Crippen LogP contribution in [0.2, 0.25) is 0 Å². The minimum Gasteiger partial charge on any atom is -0.300 e. The van der Waals surface area contributed by atoms with E-state index in [4.69, 9.17) is 0 Å². The molecular weight excluding hydrogens is 346 g/mol. The first-order chi connectivity index (χ1) is 12.8. The average Bonchev–Trinajstić information content (AvgIpc) is 3.18. The number of carbonyl (C=O) groups is 1. The number of halogens is 2. The molecule has 2 aromatic rings. The Kier molecular flexibility index (Phi) is 5.22. The van der Waals surface area contributed by atoms with Crippen molar-refractivity contribution in [2.45, 2.75) is 39.7 Å². The second-order valence-corrected chi connectivity index (χ2v) is 6.80. The van der Waals surface area contributed by atoms with Crippen LogP contribution in [0.15, 0.2) is 59.2 Å². The van der Waals surface area contributed by atoms with Gasteiger partial charge in [-0.3, -0.25) is 9.56 Å². The maximum Gasteiger partial charge on any atom is 0.356 e. The van der Waals surface area contributed by atoms with E-state index in [9.17, 15) is 4.79 Å².